The average Bonchev–Trinajstić information content (AvgIpc) is 3.19. The number of hydrogen-bond donors (Lipinski definition) is 1. The molecule has 0 amide bonds. The van der Waals surface area contributed by atoms with Crippen molar-refractivity contribution in [3.8, 4) is 0 Å². The Hall–Kier alpha value is -2.22. The molecule has 20 heavy (non-hydrogen) atoms. The molecule has 1 saturated carbocycles. The molecule has 0 unspecified atom stereocenters. The zero-order valence-corrected chi connectivity index (χ0v) is 11.3. The number of fused-ring (bicyclic) bond motifs is 1. The number of para-hydroxylation sites is 1. The second kappa shape index (κ2) is 4.41. The highest BCUT2D eigenvalue weighted by Gasteiger charge is 2.28. The maximum atomic E-state index is 5.77. The molecule has 1 fully saturated rings. The van der Waals surface area contributed by atoms with Crippen LogP contribution in [0.3, 0.4) is 0 Å². The Bertz CT molecular complexity index is 780. The number of nitrogens with zero attached hydrogens (tertiary/aromatic N) is 6. The van der Waals surface area contributed by atoms with Crippen molar-refractivity contribution in [2.45, 2.75) is 29.1 Å². The van der Waals surface area contributed by atoms with E-state index in [1.165, 1.54) is 11.8 Å². The molecule has 7 nitrogen and oxygen atoms in total. The van der Waals surface area contributed by atoms with E-state index in [2.05, 4.69) is 25.5 Å². The highest BCUT2D eigenvalue weighted by atomic mass is 32.2. The number of nitrogens with two attached hydrogens (primary N) is 1. The van der Waals surface area contributed by atoms with Crippen molar-refractivity contribution in [3.63, 3.8) is 0 Å². The van der Waals surface area contributed by atoms with Gasteiger partial charge >= 0.3 is 0 Å². The Morgan fingerprint density at radius 3 is 2.90 bits per heavy atom. The van der Waals surface area contributed by atoms with Crippen LogP contribution in [0.4, 0.5) is 5.95 Å². The summed E-state index contributed by atoms with van der Waals surface area (Å²) in [5, 5.41) is 14.3. The van der Waals surface area contributed by atoms with E-state index in [-0.39, 0.29) is 5.95 Å². The van der Waals surface area contributed by atoms with Gasteiger partial charge in [0.15, 0.2) is 0 Å². The number of nitrogen functional groups attached to an aromatic ring is 1. The van der Waals surface area contributed by atoms with E-state index in [0.717, 1.165) is 33.9 Å². The van der Waals surface area contributed by atoms with E-state index in [1.54, 1.807) is 0 Å². The average molecular weight is 285 g/mol. The van der Waals surface area contributed by atoms with Crippen molar-refractivity contribution in [1.29, 1.82) is 0 Å². The fourth-order valence-corrected chi connectivity index (χ4v) is 2.98. The van der Waals surface area contributed by atoms with Crippen LogP contribution in [0.5, 0.6) is 0 Å². The summed E-state index contributed by atoms with van der Waals surface area (Å²) in [6, 6.07) is 8.20. The van der Waals surface area contributed by atoms with Gasteiger partial charge in [-0.3, -0.25) is 0 Å². The molecule has 4 rings (SSSR count). The van der Waals surface area contributed by atoms with Crippen molar-refractivity contribution < 1.29 is 0 Å². The van der Waals surface area contributed by atoms with Crippen LogP contribution >= 0.6 is 11.8 Å². The van der Waals surface area contributed by atoms with Crippen LogP contribution in [-0.4, -0.2) is 30.2 Å². The summed E-state index contributed by atoms with van der Waals surface area (Å²) in [7, 11) is 0. The predicted molar refractivity (Wildman–Crippen MR) is 74.2 cm³/mol. The lowest BCUT2D eigenvalue weighted by Gasteiger charge is -2.05. The first-order valence-corrected chi connectivity index (χ1v) is 7.11. The molecule has 1 aliphatic carbocycles. The largest absolute Gasteiger partial charge is 0.368 e. The summed E-state index contributed by atoms with van der Waals surface area (Å²) >= 11 is 1.43. The normalized spacial score (nSPS) is 14.8. The van der Waals surface area contributed by atoms with E-state index in [1.807, 2.05) is 28.9 Å². The van der Waals surface area contributed by atoms with Gasteiger partial charge in [-0.25, -0.2) is 14.6 Å². The summed E-state index contributed by atoms with van der Waals surface area (Å²) in [5.41, 5.74) is 6.60. The van der Waals surface area contributed by atoms with E-state index in [0.29, 0.717) is 6.04 Å². The van der Waals surface area contributed by atoms with Gasteiger partial charge in [-0.2, -0.15) is 0 Å². The summed E-state index contributed by atoms with van der Waals surface area (Å²) in [4.78, 5) is 8.55. The predicted octanol–water partition coefficient (Wildman–Crippen LogP) is 1.68. The summed E-state index contributed by atoms with van der Waals surface area (Å²) < 4.78 is 1.86. The molecule has 8 heteroatoms. The van der Waals surface area contributed by atoms with Gasteiger partial charge in [0, 0.05) is 5.39 Å². The van der Waals surface area contributed by atoms with Crippen LogP contribution in [0.15, 0.2) is 34.4 Å². The van der Waals surface area contributed by atoms with Crippen LogP contribution < -0.4 is 5.73 Å². The minimum absolute atomic E-state index is 0.261. The molecule has 1 aliphatic rings. The molecule has 100 valence electrons. The molecule has 0 radical (unpaired) electrons. The van der Waals surface area contributed by atoms with Crippen LogP contribution in [0.1, 0.15) is 18.9 Å². The van der Waals surface area contributed by atoms with Gasteiger partial charge in [-0.05, 0) is 41.1 Å². The lowest BCUT2D eigenvalue weighted by atomic mass is 10.2. The van der Waals surface area contributed by atoms with Gasteiger partial charge in [0.25, 0.3) is 0 Å². The zero-order valence-electron chi connectivity index (χ0n) is 10.5. The molecule has 2 heterocycles. The Morgan fingerprint density at radius 2 is 2.05 bits per heavy atom. The van der Waals surface area contributed by atoms with Crippen LogP contribution in [0, 0.1) is 0 Å². The van der Waals surface area contributed by atoms with Crippen molar-refractivity contribution in [1.82, 2.24) is 30.2 Å². The van der Waals surface area contributed by atoms with Gasteiger partial charge in [0.2, 0.25) is 11.1 Å². The maximum absolute atomic E-state index is 5.77. The van der Waals surface area contributed by atoms with Gasteiger partial charge in [-0.1, -0.05) is 18.2 Å². The topological polar surface area (TPSA) is 95.4 Å². The Morgan fingerprint density at radius 1 is 1.20 bits per heavy atom. The second-order valence-corrected chi connectivity index (χ2v) is 5.60. The molecular formula is C12H11N7S. The lowest BCUT2D eigenvalue weighted by molar-refractivity contribution is 0.565. The van der Waals surface area contributed by atoms with E-state index >= 15 is 0 Å². The molecule has 3 aromatic rings. The maximum Gasteiger partial charge on any atom is 0.221 e. The minimum Gasteiger partial charge on any atom is -0.368 e. The van der Waals surface area contributed by atoms with Crippen LogP contribution in [0.25, 0.3) is 10.9 Å². The van der Waals surface area contributed by atoms with E-state index in [9.17, 15) is 0 Å². The molecule has 0 bridgehead atoms. The Balaban J connectivity index is 1.80. The van der Waals surface area contributed by atoms with Crippen LogP contribution in [-0.2, 0) is 0 Å². The number of tetrazole rings is 1. The highest BCUT2D eigenvalue weighted by Crippen LogP contribution is 2.38. The highest BCUT2D eigenvalue weighted by molar-refractivity contribution is 7.99. The van der Waals surface area contributed by atoms with E-state index < -0.39 is 0 Å². The first-order chi connectivity index (χ1) is 9.81. The molecular weight excluding hydrogens is 274 g/mol. The third kappa shape index (κ3) is 1.97. The third-order valence-electron chi connectivity index (χ3n) is 3.13. The van der Waals surface area contributed by atoms with Gasteiger partial charge in [0.1, 0.15) is 5.03 Å². The van der Waals surface area contributed by atoms with Crippen molar-refractivity contribution in [2.75, 3.05) is 5.73 Å². The van der Waals surface area contributed by atoms with Crippen LogP contribution in [0.2, 0.25) is 0 Å². The number of aromatic nitrogens is 6. The molecule has 0 atom stereocenters. The Kier molecular flexibility index (Phi) is 2.56. The zero-order chi connectivity index (χ0) is 13.5. The molecule has 1 aromatic carbocycles. The summed E-state index contributed by atoms with van der Waals surface area (Å²) in [6.07, 6.45) is 2.26. The van der Waals surface area contributed by atoms with Gasteiger partial charge < -0.3 is 5.73 Å². The summed E-state index contributed by atoms with van der Waals surface area (Å²) in [6.45, 7) is 0. The SMILES string of the molecule is Nc1nc(Sc2nnnn2C2CC2)c2ccccc2n1. The quantitative estimate of drug-likeness (QED) is 0.731. The number of anilines is 1. The molecule has 2 N–H and O–H groups in total. The van der Waals surface area contributed by atoms with Crippen molar-refractivity contribution >= 4 is 28.6 Å². The molecule has 0 saturated heterocycles. The third-order valence-corrected chi connectivity index (χ3v) is 4.08. The number of hydrogen-bond acceptors (Lipinski definition) is 7. The van der Waals surface area contributed by atoms with Crippen molar-refractivity contribution in [2.24, 2.45) is 0 Å². The Labute approximate surface area is 118 Å². The fraction of sp³-hybridized carbons (Fsp3) is 0.250. The molecule has 0 spiro atoms. The fourth-order valence-electron chi connectivity index (χ4n) is 2.03. The number of rotatable bonds is 3. The van der Waals surface area contributed by atoms with Gasteiger partial charge in [-0.15, -0.1) is 5.10 Å². The minimum atomic E-state index is 0.261. The first-order valence-electron chi connectivity index (χ1n) is 6.29. The van der Waals surface area contributed by atoms with E-state index in [4.69, 9.17) is 5.73 Å². The molecule has 2 aromatic heterocycles. The van der Waals surface area contributed by atoms with Crippen molar-refractivity contribution in [3.05, 3.63) is 24.3 Å². The smallest absolute Gasteiger partial charge is 0.221 e. The lowest BCUT2D eigenvalue weighted by Crippen LogP contribution is -2.01. The first kappa shape index (κ1) is 11.6. The second-order valence-electron chi connectivity index (χ2n) is 4.64. The number of benzene rings is 1. The van der Waals surface area contributed by atoms with Gasteiger partial charge in [0.05, 0.1) is 11.6 Å². The standard InChI is InChI=1S/C12H11N7S/c13-11-14-9-4-2-1-3-8(9)10(15-11)20-12-16-17-18-19(12)7-5-6-7/h1-4,7H,5-6H2,(H2,13,14,15). The molecule has 0 aliphatic heterocycles. The summed E-state index contributed by atoms with van der Waals surface area (Å²) in [5.74, 6) is 0.261. The monoisotopic (exact) mass is 285 g/mol.